The van der Waals surface area contributed by atoms with Gasteiger partial charge in [0, 0.05) is 22.9 Å². The average molecular weight is 399 g/mol. The van der Waals surface area contributed by atoms with E-state index in [-0.39, 0.29) is 17.9 Å². The van der Waals surface area contributed by atoms with E-state index in [1.54, 1.807) is 45.9 Å². The van der Waals surface area contributed by atoms with Crippen LogP contribution in [0.15, 0.2) is 40.0 Å². The molecule has 1 aliphatic heterocycles. The zero-order valence-corrected chi connectivity index (χ0v) is 16.5. The summed E-state index contributed by atoms with van der Waals surface area (Å²) in [5, 5.41) is 16.4. The number of nitrogens with zero attached hydrogens (tertiary/aromatic N) is 1. The lowest BCUT2D eigenvalue weighted by Crippen LogP contribution is -2.45. The van der Waals surface area contributed by atoms with Gasteiger partial charge in [-0.3, -0.25) is 10.1 Å². The number of esters is 1. The highest BCUT2D eigenvalue weighted by atomic mass is 16.6. The number of urea groups is 1. The third kappa shape index (κ3) is 3.84. The molecule has 3 rings (SSSR count). The predicted molar refractivity (Wildman–Crippen MR) is 104 cm³/mol. The number of hydrogen-bond acceptors (Lipinski definition) is 6. The minimum atomic E-state index is -0.809. The van der Waals surface area contributed by atoms with E-state index in [9.17, 15) is 19.7 Å². The maximum Gasteiger partial charge on any atom is 0.338 e. The second-order valence-electron chi connectivity index (χ2n) is 6.70. The number of rotatable bonds is 5. The van der Waals surface area contributed by atoms with Crippen molar-refractivity contribution in [3.8, 4) is 11.3 Å². The summed E-state index contributed by atoms with van der Waals surface area (Å²) in [5.41, 5.74) is 2.55. The Morgan fingerprint density at radius 1 is 1.24 bits per heavy atom. The van der Waals surface area contributed by atoms with Crippen LogP contribution in [0.4, 0.5) is 10.5 Å². The summed E-state index contributed by atoms with van der Waals surface area (Å²) in [5.74, 6) is 0.277. The normalized spacial score (nSPS) is 16.3. The number of allylic oxidation sites excluding steroid dienone is 1. The first-order chi connectivity index (χ1) is 13.7. The molecule has 0 fully saturated rings. The smallest absolute Gasteiger partial charge is 0.338 e. The van der Waals surface area contributed by atoms with E-state index in [1.165, 1.54) is 6.07 Å². The van der Waals surface area contributed by atoms with Crippen LogP contribution in [0.5, 0.6) is 0 Å². The largest absolute Gasteiger partial charge is 0.463 e. The molecule has 0 radical (unpaired) electrons. The molecule has 0 aliphatic carbocycles. The number of nitro benzene ring substituents is 1. The quantitative estimate of drug-likeness (QED) is 0.449. The van der Waals surface area contributed by atoms with Crippen molar-refractivity contribution in [3.63, 3.8) is 0 Å². The van der Waals surface area contributed by atoms with Crippen LogP contribution in [0.3, 0.4) is 0 Å². The summed E-state index contributed by atoms with van der Waals surface area (Å²) in [6.07, 6.45) is 0. The van der Waals surface area contributed by atoms with Gasteiger partial charge in [0.25, 0.3) is 5.69 Å². The van der Waals surface area contributed by atoms with Gasteiger partial charge in [0.05, 0.1) is 17.1 Å². The summed E-state index contributed by atoms with van der Waals surface area (Å²) in [6.45, 7) is 6.92. The number of amides is 2. The van der Waals surface area contributed by atoms with E-state index in [2.05, 4.69) is 10.6 Å². The van der Waals surface area contributed by atoms with E-state index in [1.807, 2.05) is 0 Å². The molecule has 0 spiro atoms. The molecule has 9 nitrogen and oxygen atoms in total. The molecule has 9 heteroatoms. The van der Waals surface area contributed by atoms with Crippen LogP contribution in [-0.2, 0) is 9.53 Å². The minimum Gasteiger partial charge on any atom is -0.463 e. The highest BCUT2D eigenvalue weighted by molar-refractivity contribution is 5.94. The van der Waals surface area contributed by atoms with Gasteiger partial charge in [0.15, 0.2) is 0 Å². The van der Waals surface area contributed by atoms with Crippen molar-refractivity contribution in [2.45, 2.75) is 33.7 Å². The number of benzene rings is 1. The number of nitro groups is 1. The van der Waals surface area contributed by atoms with Gasteiger partial charge in [-0.05, 0) is 51.5 Å². The van der Waals surface area contributed by atoms with Gasteiger partial charge in [0.2, 0.25) is 0 Å². The predicted octanol–water partition coefficient (Wildman–Crippen LogP) is 3.66. The van der Waals surface area contributed by atoms with E-state index in [0.29, 0.717) is 33.9 Å². The Morgan fingerprint density at radius 2 is 1.97 bits per heavy atom. The molecule has 1 aromatic heterocycles. The van der Waals surface area contributed by atoms with E-state index in [0.717, 1.165) is 0 Å². The van der Waals surface area contributed by atoms with Crippen molar-refractivity contribution in [1.29, 1.82) is 0 Å². The van der Waals surface area contributed by atoms with E-state index >= 15 is 0 Å². The number of furan rings is 1. The van der Waals surface area contributed by atoms with Crippen molar-refractivity contribution in [2.75, 3.05) is 6.61 Å². The number of ether oxygens (including phenoxy) is 1. The first-order valence-corrected chi connectivity index (χ1v) is 9.04. The summed E-state index contributed by atoms with van der Waals surface area (Å²) in [6, 6.07) is 5.28. The second kappa shape index (κ2) is 7.78. The number of carbonyl (C=O) groups is 2. The van der Waals surface area contributed by atoms with Crippen LogP contribution in [0.2, 0.25) is 0 Å². The first kappa shape index (κ1) is 20.1. The molecule has 2 heterocycles. The fourth-order valence-electron chi connectivity index (χ4n) is 3.30. The lowest BCUT2D eigenvalue weighted by Gasteiger charge is -2.26. The van der Waals surface area contributed by atoms with Crippen molar-refractivity contribution in [3.05, 3.63) is 62.5 Å². The van der Waals surface area contributed by atoms with Gasteiger partial charge >= 0.3 is 12.0 Å². The highest BCUT2D eigenvalue weighted by Gasteiger charge is 2.34. The van der Waals surface area contributed by atoms with Gasteiger partial charge in [-0.1, -0.05) is 0 Å². The van der Waals surface area contributed by atoms with Crippen LogP contribution in [0, 0.1) is 24.0 Å². The highest BCUT2D eigenvalue weighted by Crippen LogP contribution is 2.35. The molecule has 1 atom stereocenters. The molecular weight excluding hydrogens is 378 g/mol. The zero-order valence-electron chi connectivity index (χ0n) is 16.5. The Labute approximate surface area is 166 Å². The summed E-state index contributed by atoms with van der Waals surface area (Å²) in [4.78, 5) is 35.1. The first-order valence-electron chi connectivity index (χ1n) is 9.04. The molecule has 1 aliphatic rings. The Balaban J connectivity index is 2.02. The maximum absolute atomic E-state index is 12.4. The van der Waals surface area contributed by atoms with Gasteiger partial charge in [-0.2, -0.15) is 0 Å². The van der Waals surface area contributed by atoms with Crippen molar-refractivity contribution in [2.24, 2.45) is 0 Å². The molecule has 0 unspecified atom stereocenters. The van der Waals surface area contributed by atoms with E-state index < -0.39 is 23.0 Å². The molecule has 0 bridgehead atoms. The molecule has 152 valence electrons. The van der Waals surface area contributed by atoms with Crippen molar-refractivity contribution in [1.82, 2.24) is 10.6 Å². The molecule has 29 heavy (non-hydrogen) atoms. The summed E-state index contributed by atoms with van der Waals surface area (Å²) >= 11 is 0. The molecule has 2 N–H and O–H groups in total. The van der Waals surface area contributed by atoms with Gasteiger partial charge in [-0.15, -0.1) is 0 Å². The fourth-order valence-corrected chi connectivity index (χ4v) is 3.30. The van der Waals surface area contributed by atoms with Gasteiger partial charge < -0.3 is 19.8 Å². The lowest BCUT2D eigenvalue weighted by molar-refractivity contribution is -0.385. The van der Waals surface area contributed by atoms with E-state index in [4.69, 9.17) is 9.15 Å². The Morgan fingerprint density at radius 3 is 2.62 bits per heavy atom. The zero-order chi connectivity index (χ0) is 21.3. The number of nitrogens with one attached hydrogen (secondary N) is 2. The molecule has 1 aromatic carbocycles. The Kier molecular flexibility index (Phi) is 5.40. The van der Waals surface area contributed by atoms with Crippen LogP contribution >= 0.6 is 0 Å². The second-order valence-corrected chi connectivity index (χ2v) is 6.70. The molecule has 2 aromatic rings. The number of carbonyl (C=O) groups excluding carboxylic acids is 2. The Bertz CT molecular complexity index is 1040. The van der Waals surface area contributed by atoms with Gasteiger partial charge in [-0.25, -0.2) is 9.59 Å². The summed E-state index contributed by atoms with van der Waals surface area (Å²) in [7, 11) is 0. The number of hydrogen-bond donors (Lipinski definition) is 2. The summed E-state index contributed by atoms with van der Waals surface area (Å²) < 4.78 is 11.1. The van der Waals surface area contributed by atoms with Crippen LogP contribution < -0.4 is 10.6 Å². The van der Waals surface area contributed by atoms with Crippen molar-refractivity contribution < 1.29 is 23.7 Å². The standard InChI is InChI=1S/C20H21N3O6/c1-5-28-19(24)17-12(4)21-20(25)22-18(17)16-7-6-15(29-16)13-8-11(3)14(23(26)27)9-10(13)2/h6-9,18H,5H2,1-4H3,(H2,21,22,25)/t18-/m1/s1. The third-order valence-electron chi connectivity index (χ3n) is 4.68. The molecule has 0 saturated heterocycles. The molecular formula is C20H21N3O6. The SMILES string of the molecule is CCOC(=O)C1=C(C)NC(=O)N[C@@H]1c1ccc(-c2cc(C)c([N+](=O)[O-])cc2C)o1. The van der Waals surface area contributed by atoms with Crippen LogP contribution in [-0.4, -0.2) is 23.5 Å². The molecule has 2 amide bonds. The minimum absolute atomic E-state index is 0.0341. The Hall–Kier alpha value is -3.62. The monoisotopic (exact) mass is 399 g/mol. The van der Waals surface area contributed by atoms with Crippen molar-refractivity contribution >= 4 is 17.7 Å². The number of aryl methyl sites for hydroxylation is 2. The average Bonchev–Trinajstić information content (AvgIpc) is 3.12. The van der Waals surface area contributed by atoms with Crippen LogP contribution in [0.1, 0.15) is 36.8 Å². The van der Waals surface area contributed by atoms with Crippen LogP contribution in [0.25, 0.3) is 11.3 Å². The fraction of sp³-hybridized carbons (Fsp3) is 0.300. The third-order valence-corrected chi connectivity index (χ3v) is 4.68. The van der Waals surface area contributed by atoms with Gasteiger partial charge in [0.1, 0.15) is 17.6 Å². The topological polar surface area (TPSA) is 124 Å². The maximum atomic E-state index is 12.4. The molecule has 0 saturated carbocycles. The lowest BCUT2D eigenvalue weighted by atomic mass is 10.0.